The Balaban J connectivity index is 0.00000207. The summed E-state index contributed by atoms with van der Waals surface area (Å²) in [5.41, 5.74) is 19.0. The first-order chi connectivity index (χ1) is 24.8. The summed E-state index contributed by atoms with van der Waals surface area (Å²) in [5.74, 6) is 4.27. The van der Waals surface area contributed by atoms with Gasteiger partial charge in [-0.1, -0.05) is 0 Å². The first kappa shape index (κ1) is 38.8. The Labute approximate surface area is 346 Å². The Kier molecular flexibility index (Phi) is 9.52. The summed E-state index contributed by atoms with van der Waals surface area (Å²) in [6.45, 7) is 22.2. The van der Waals surface area contributed by atoms with E-state index in [-0.39, 0.29) is 35.6 Å². The van der Waals surface area contributed by atoms with E-state index in [1.165, 1.54) is 71.1 Å². The van der Waals surface area contributed by atoms with Gasteiger partial charge < -0.3 is 24.8 Å². The third kappa shape index (κ3) is 5.47. The molecule has 4 fully saturated rings. The van der Waals surface area contributed by atoms with Crippen molar-refractivity contribution in [3.63, 3.8) is 0 Å². The minimum atomic E-state index is -2.74. The number of fused-ring (bicyclic) bond motifs is 5. The van der Waals surface area contributed by atoms with E-state index in [4.69, 9.17) is 0 Å². The summed E-state index contributed by atoms with van der Waals surface area (Å²) in [5, 5.41) is 0. The third-order valence-corrected chi connectivity index (χ3v) is 24.9. The van der Waals surface area contributed by atoms with Crippen molar-refractivity contribution in [2.75, 3.05) is 0 Å². The van der Waals surface area contributed by atoms with Gasteiger partial charge in [-0.3, -0.25) is 0 Å². The van der Waals surface area contributed by atoms with Crippen LogP contribution in [0.25, 0.3) is 22.3 Å². The molecule has 4 bridgehead atoms. The van der Waals surface area contributed by atoms with Crippen molar-refractivity contribution in [2.24, 2.45) is 35.0 Å². The Hall–Kier alpha value is -2.05. The molecule has 8 aliphatic rings. The average Bonchev–Trinajstić information content (AvgIpc) is 3.78. The summed E-state index contributed by atoms with van der Waals surface area (Å²) in [6.07, 6.45) is 19.3. The van der Waals surface area contributed by atoms with Gasteiger partial charge in [0.15, 0.2) is 0 Å². The van der Waals surface area contributed by atoms with Crippen molar-refractivity contribution < 1.29 is 46.1 Å². The maximum atomic E-state index is 2.89. The molecule has 0 nitrogen and oxygen atoms in total. The normalized spacial score (nSPS) is 30.2. The maximum Gasteiger partial charge on any atom is -1.00 e. The summed E-state index contributed by atoms with van der Waals surface area (Å²) >= 11 is -2.74. The molecule has 0 saturated heterocycles. The smallest absolute Gasteiger partial charge is 1.00 e. The summed E-state index contributed by atoms with van der Waals surface area (Å²) < 4.78 is 4.14. The van der Waals surface area contributed by atoms with Crippen molar-refractivity contribution >= 4 is 14.4 Å². The molecule has 0 aliphatic heterocycles. The van der Waals surface area contributed by atoms with E-state index in [0.717, 1.165) is 30.1 Å². The topological polar surface area (TPSA) is 0 Å². The van der Waals surface area contributed by atoms with Gasteiger partial charge in [0.2, 0.25) is 0 Å². The minimum Gasteiger partial charge on any atom is -1.00 e. The fraction of sp³-hybridized carbons (Fsp3) is 0.471. The fourth-order valence-electron chi connectivity index (χ4n) is 13.5. The Morgan fingerprint density at radius 1 is 0.685 bits per heavy atom. The van der Waals surface area contributed by atoms with Gasteiger partial charge in [0.25, 0.3) is 0 Å². The predicted molar refractivity (Wildman–Crippen MR) is 218 cm³/mol. The van der Waals surface area contributed by atoms with Crippen LogP contribution in [-0.4, -0.2) is 3.21 Å². The monoisotopic (exact) mass is 830 g/mol. The molecule has 1 unspecified atom stereocenters. The van der Waals surface area contributed by atoms with E-state index in [2.05, 4.69) is 141 Å². The molecule has 0 spiro atoms. The zero-order valence-corrected chi connectivity index (χ0v) is 37.9. The first-order valence-electron chi connectivity index (χ1n) is 20.8. The van der Waals surface area contributed by atoms with E-state index in [0.29, 0.717) is 15.0 Å². The van der Waals surface area contributed by atoms with Gasteiger partial charge in [0.1, 0.15) is 0 Å². The number of hydrogen-bond donors (Lipinski definition) is 0. The zero-order chi connectivity index (χ0) is 36.1. The second-order valence-corrected chi connectivity index (χ2v) is 26.1. The maximum absolute atomic E-state index is 2.89. The average molecular weight is 833 g/mol. The summed E-state index contributed by atoms with van der Waals surface area (Å²) in [6, 6.07) is 22.4. The molecule has 3 aromatic rings. The van der Waals surface area contributed by atoms with Gasteiger partial charge in [-0.2, -0.15) is 0 Å². The SMILES string of the molecule is CC/[C](c1ccccc1)=[Zr+2](/[C]1=CC(C2(C)C3CC4CC(C3)CC2C4)=CC1C)[CH]1c2cc3c(cc2-c2cc4c(cc21)C(C)(C)C=C4C)C(C)=CC3(C)C.[Cl-].[Cl-]. The van der Waals surface area contributed by atoms with Crippen molar-refractivity contribution in [1.82, 2.24) is 0 Å². The zero-order valence-electron chi connectivity index (χ0n) is 34.0. The fourth-order valence-corrected chi connectivity index (χ4v) is 23.0. The van der Waals surface area contributed by atoms with Crippen LogP contribution in [0.5, 0.6) is 0 Å². The standard InChI is InChI=1S/C25H25.C17H23.C9H10.2ClH.Zr/c1-14-12-24(3,4)22-8-16-7-17-9-23-19(15(2)13-25(23,5)6)11-21(17)20(16)10-18(14)22;1-11-3-4-14(5-11)17(2)15-7-12-6-13(9-15)10-16(17)8-12;1-2-6-9-7-4-3-5-8-9;;;/h7-13H,1-6H3;4-5,11-13,15-16H,6-10H2,1-2H3;3-5,7-8H,2H2,1H3;2*1H;/q;;;;;+2/p-2. The van der Waals surface area contributed by atoms with Crippen molar-refractivity contribution in [3.8, 4) is 11.1 Å². The number of benzene rings is 3. The molecule has 3 aromatic carbocycles. The molecule has 1 atom stereocenters. The molecule has 0 amide bonds. The van der Waals surface area contributed by atoms with Gasteiger partial charge in [-0.05, 0) is 0 Å². The molecular formula is C51H58Cl2Zr. The van der Waals surface area contributed by atoms with Gasteiger partial charge in [0, 0.05) is 0 Å². The molecular weight excluding hydrogens is 775 g/mol. The van der Waals surface area contributed by atoms with Gasteiger partial charge in [0.05, 0.1) is 0 Å². The molecule has 8 aliphatic carbocycles. The summed E-state index contributed by atoms with van der Waals surface area (Å²) in [7, 11) is 0. The largest absolute Gasteiger partial charge is 1.00 e. The molecule has 3 heteroatoms. The van der Waals surface area contributed by atoms with Crippen LogP contribution in [-0.2, 0) is 32.1 Å². The number of allylic oxidation sites excluding steroid dienone is 8. The van der Waals surface area contributed by atoms with Crippen LogP contribution >= 0.6 is 0 Å². The van der Waals surface area contributed by atoms with E-state index < -0.39 is 21.3 Å². The molecule has 11 rings (SSSR count). The Bertz CT molecular complexity index is 2120. The molecule has 0 N–H and O–H groups in total. The van der Waals surface area contributed by atoms with Crippen LogP contribution in [0.2, 0.25) is 0 Å². The second kappa shape index (κ2) is 13.3. The number of rotatable bonds is 5. The van der Waals surface area contributed by atoms with Gasteiger partial charge in [-0.15, -0.1) is 0 Å². The van der Waals surface area contributed by atoms with Crippen molar-refractivity contribution in [1.29, 1.82) is 0 Å². The van der Waals surface area contributed by atoms with Crippen LogP contribution in [0.3, 0.4) is 0 Å². The predicted octanol–water partition coefficient (Wildman–Crippen LogP) is 7.32. The van der Waals surface area contributed by atoms with Crippen LogP contribution in [0.1, 0.15) is 143 Å². The molecule has 54 heavy (non-hydrogen) atoms. The van der Waals surface area contributed by atoms with Gasteiger partial charge in [-0.25, -0.2) is 0 Å². The third-order valence-electron chi connectivity index (χ3n) is 15.8. The first-order valence-corrected chi connectivity index (χ1v) is 24.7. The van der Waals surface area contributed by atoms with E-state index >= 15 is 0 Å². The summed E-state index contributed by atoms with van der Waals surface area (Å²) in [4.78, 5) is 0. The Morgan fingerprint density at radius 2 is 1.19 bits per heavy atom. The van der Waals surface area contributed by atoms with Crippen LogP contribution in [0, 0.1) is 35.0 Å². The quantitative estimate of drug-likeness (QED) is 0.253. The molecule has 0 aromatic heterocycles. The van der Waals surface area contributed by atoms with E-state index in [1.807, 2.05) is 3.28 Å². The van der Waals surface area contributed by atoms with Gasteiger partial charge >= 0.3 is 324 Å². The van der Waals surface area contributed by atoms with Crippen LogP contribution in [0.15, 0.2) is 87.8 Å². The van der Waals surface area contributed by atoms with E-state index in [1.54, 1.807) is 31.0 Å². The molecule has 4 saturated carbocycles. The van der Waals surface area contributed by atoms with Crippen molar-refractivity contribution in [3.05, 3.63) is 127 Å². The number of halogens is 2. The van der Waals surface area contributed by atoms with Crippen LogP contribution in [0.4, 0.5) is 0 Å². The Morgan fingerprint density at radius 3 is 1.67 bits per heavy atom. The van der Waals surface area contributed by atoms with Crippen LogP contribution < -0.4 is 24.8 Å². The molecule has 0 heterocycles. The van der Waals surface area contributed by atoms with E-state index in [9.17, 15) is 0 Å². The van der Waals surface area contributed by atoms with Crippen molar-refractivity contribution in [2.45, 2.75) is 115 Å². The number of hydrogen-bond acceptors (Lipinski definition) is 0. The second-order valence-electron chi connectivity index (χ2n) is 19.7. The minimum absolute atomic E-state index is 0. The molecule has 280 valence electrons. The molecule has 0 radical (unpaired) electrons.